The fraction of sp³-hybridized carbons (Fsp3) is 0.400. The number of nitrogens with zero attached hydrogens (tertiary/aromatic N) is 1. The highest BCUT2D eigenvalue weighted by atomic mass is 35.5. The van der Waals surface area contributed by atoms with E-state index < -0.39 is 16.4 Å². The predicted molar refractivity (Wildman–Crippen MR) is 62.1 cm³/mol. The molecule has 0 bridgehead atoms. The minimum Gasteiger partial charge on any atom is -0.324 e. The summed E-state index contributed by atoms with van der Waals surface area (Å²) >= 11 is 0. The Balaban J connectivity index is 0.00000225. The van der Waals surface area contributed by atoms with Crippen LogP contribution in [0.15, 0.2) is 18.2 Å². The zero-order chi connectivity index (χ0) is 11.4. The normalized spacial score (nSPS) is 11.7. The van der Waals surface area contributed by atoms with Crippen molar-refractivity contribution >= 4 is 18.1 Å². The van der Waals surface area contributed by atoms with Crippen molar-refractivity contribution < 1.29 is 9.31 Å². The SMILES string of the molecule is CCC[C@@H](N)c1ccc(F)c([N+](=O)[O-])c1.Cl. The molecule has 0 saturated heterocycles. The third kappa shape index (κ3) is 3.43. The molecule has 0 fully saturated rings. The Morgan fingerprint density at radius 3 is 2.69 bits per heavy atom. The summed E-state index contributed by atoms with van der Waals surface area (Å²) in [5, 5.41) is 10.5. The molecule has 0 aliphatic heterocycles. The van der Waals surface area contributed by atoms with E-state index in [9.17, 15) is 14.5 Å². The van der Waals surface area contributed by atoms with Gasteiger partial charge in [-0.05, 0) is 18.1 Å². The van der Waals surface area contributed by atoms with Crippen molar-refractivity contribution in [1.29, 1.82) is 0 Å². The molecule has 1 rings (SSSR count). The van der Waals surface area contributed by atoms with E-state index in [1.54, 1.807) is 0 Å². The second-order valence-corrected chi connectivity index (χ2v) is 3.36. The lowest BCUT2D eigenvalue weighted by molar-refractivity contribution is -0.387. The number of nitro groups is 1. The third-order valence-electron chi connectivity index (χ3n) is 2.19. The van der Waals surface area contributed by atoms with Gasteiger partial charge in [-0.1, -0.05) is 19.4 Å². The first-order valence-electron chi connectivity index (χ1n) is 4.75. The summed E-state index contributed by atoms with van der Waals surface area (Å²) in [6.45, 7) is 1.97. The van der Waals surface area contributed by atoms with Gasteiger partial charge in [0, 0.05) is 12.1 Å². The molecular weight excluding hydrogens is 235 g/mol. The standard InChI is InChI=1S/C10H13FN2O2.ClH/c1-2-3-9(12)7-4-5-8(11)10(6-7)13(14)15;/h4-6,9H,2-3,12H2,1H3;1H/t9-;/m1./s1. The van der Waals surface area contributed by atoms with E-state index in [2.05, 4.69) is 0 Å². The minimum atomic E-state index is -0.826. The van der Waals surface area contributed by atoms with Gasteiger partial charge in [0.15, 0.2) is 0 Å². The molecule has 0 spiro atoms. The van der Waals surface area contributed by atoms with Gasteiger partial charge < -0.3 is 5.73 Å². The molecule has 0 aliphatic carbocycles. The summed E-state index contributed by atoms with van der Waals surface area (Å²) in [6, 6.07) is 3.51. The molecule has 16 heavy (non-hydrogen) atoms. The van der Waals surface area contributed by atoms with Gasteiger partial charge in [-0.3, -0.25) is 10.1 Å². The van der Waals surface area contributed by atoms with E-state index in [0.29, 0.717) is 5.56 Å². The smallest absolute Gasteiger partial charge is 0.305 e. The molecule has 1 aromatic rings. The molecule has 0 radical (unpaired) electrons. The quantitative estimate of drug-likeness (QED) is 0.658. The number of rotatable bonds is 4. The van der Waals surface area contributed by atoms with Crippen LogP contribution in [0.1, 0.15) is 31.4 Å². The number of benzene rings is 1. The molecule has 6 heteroatoms. The maximum absolute atomic E-state index is 13.0. The molecule has 1 atom stereocenters. The molecule has 0 heterocycles. The summed E-state index contributed by atoms with van der Waals surface area (Å²) in [5.41, 5.74) is 5.87. The summed E-state index contributed by atoms with van der Waals surface area (Å²) in [4.78, 5) is 9.74. The molecule has 90 valence electrons. The number of nitrogens with two attached hydrogens (primary N) is 1. The largest absolute Gasteiger partial charge is 0.324 e. The van der Waals surface area contributed by atoms with E-state index >= 15 is 0 Å². The van der Waals surface area contributed by atoms with Crippen molar-refractivity contribution in [2.24, 2.45) is 5.73 Å². The van der Waals surface area contributed by atoms with E-state index in [4.69, 9.17) is 5.73 Å². The van der Waals surface area contributed by atoms with Crippen LogP contribution in [0, 0.1) is 15.9 Å². The van der Waals surface area contributed by atoms with Gasteiger partial charge in [0.25, 0.3) is 0 Å². The molecule has 0 saturated carbocycles. The molecule has 2 N–H and O–H groups in total. The maximum atomic E-state index is 13.0. The Labute approximate surface area is 99.2 Å². The minimum absolute atomic E-state index is 0. The Morgan fingerprint density at radius 1 is 1.56 bits per heavy atom. The highest BCUT2D eigenvalue weighted by Gasteiger charge is 2.16. The van der Waals surface area contributed by atoms with Crippen molar-refractivity contribution in [2.75, 3.05) is 0 Å². The highest BCUT2D eigenvalue weighted by Crippen LogP contribution is 2.23. The van der Waals surface area contributed by atoms with E-state index in [-0.39, 0.29) is 18.4 Å². The van der Waals surface area contributed by atoms with Crippen LogP contribution in [0.25, 0.3) is 0 Å². The number of halogens is 2. The molecule has 1 aromatic carbocycles. The van der Waals surface area contributed by atoms with Gasteiger partial charge in [-0.15, -0.1) is 12.4 Å². The summed E-state index contributed by atoms with van der Waals surface area (Å²) in [6.07, 6.45) is 1.61. The third-order valence-corrected chi connectivity index (χ3v) is 2.19. The Hall–Kier alpha value is -1.20. The van der Waals surface area contributed by atoms with Gasteiger partial charge in [-0.2, -0.15) is 4.39 Å². The van der Waals surface area contributed by atoms with Gasteiger partial charge in [0.05, 0.1) is 4.92 Å². The topological polar surface area (TPSA) is 69.2 Å². The van der Waals surface area contributed by atoms with Crippen LogP contribution in [0.4, 0.5) is 10.1 Å². The van der Waals surface area contributed by atoms with Crippen molar-refractivity contribution in [3.63, 3.8) is 0 Å². The molecule has 0 unspecified atom stereocenters. The van der Waals surface area contributed by atoms with Crippen LogP contribution < -0.4 is 5.73 Å². The first-order valence-corrected chi connectivity index (χ1v) is 4.75. The molecule has 0 amide bonds. The summed E-state index contributed by atoms with van der Waals surface area (Å²) in [5.74, 6) is -0.826. The first kappa shape index (κ1) is 14.8. The second kappa shape index (κ2) is 6.40. The van der Waals surface area contributed by atoms with Crippen LogP contribution in [0.5, 0.6) is 0 Å². The molecule has 0 aliphatic rings. The lowest BCUT2D eigenvalue weighted by Gasteiger charge is -2.10. The van der Waals surface area contributed by atoms with Gasteiger partial charge in [0.1, 0.15) is 0 Å². The fourth-order valence-corrected chi connectivity index (χ4v) is 1.38. The van der Waals surface area contributed by atoms with Crippen LogP contribution >= 0.6 is 12.4 Å². The van der Waals surface area contributed by atoms with Crippen molar-refractivity contribution in [2.45, 2.75) is 25.8 Å². The molecule has 0 aromatic heterocycles. The molecule has 4 nitrogen and oxygen atoms in total. The van der Waals surface area contributed by atoms with Crippen molar-refractivity contribution in [1.82, 2.24) is 0 Å². The second-order valence-electron chi connectivity index (χ2n) is 3.36. The van der Waals surface area contributed by atoms with Crippen molar-refractivity contribution in [3.05, 3.63) is 39.7 Å². The molecular formula is C10H14ClFN2O2. The average molecular weight is 249 g/mol. The Morgan fingerprint density at radius 2 is 2.19 bits per heavy atom. The first-order chi connectivity index (χ1) is 7.06. The van der Waals surface area contributed by atoms with E-state index in [0.717, 1.165) is 18.9 Å². The van der Waals surface area contributed by atoms with Crippen LogP contribution in [-0.2, 0) is 0 Å². The highest BCUT2D eigenvalue weighted by molar-refractivity contribution is 5.85. The van der Waals surface area contributed by atoms with Crippen LogP contribution in [-0.4, -0.2) is 4.92 Å². The van der Waals surface area contributed by atoms with Gasteiger partial charge in [-0.25, -0.2) is 0 Å². The lowest BCUT2D eigenvalue weighted by Crippen LogP contribution is -2.10. The summed E-state index contributed by atoms with van der Waals surface area (Å²) in [7, 11) is 0. The van der Waals surface area contributed by atoms with E-state index in [1.165, 1.54) is 12.1 Å². The van der Waals surface area contributed by atoms with Crippen LogP contribution in [0.2, 0.25) is 0 Å². The van der Waals surface area contributed by atoms with Gasteiger partial charge in [0.2, 0.25) is 5.82 Å². The number of nitro benzene ring substituents is 1. The summed E-state index contributed by atoms with van der Waals surface area (Å²) < 4.78 is 13.0. The zero-order valence-corrected chi connectivity index (χ0v) is 9.67. The van der Waals surface area contributed by atoms with E-state index in [1.807, 2.05) is 6.92 Å². The Kier molecular flexibility index (Phi) is 5.92. The number of hydrogen-bond acceptors (Lipinski definition) is 3. The lowest BCUT2D eigenvalue weighted by atomic mass is 10.0. The average Bonchev–Trinajstić information content (AvgIpc) is 2.18. The van der Waals surface area contributed by atoms with Gasteiger partial charge >= 0.3 is 5.69 Å². The monoisotopic (exact) mass is 248 g/mol. The number of hydrogen-bond donors (Lipinski definition) is 1. The van der Waals surface area contributed by atoms with Crippen molar-refractivity contribution in [3.8, 4) is 0 Å². The Bertz CT molecular complexity index is 374. The van der Waals surface area contributed by atoms with Crippen LogP contribution in [0.3, 0.4) is 0 Å². The maximum Gasteiger partial charge on any atom is 0.305 e. The predicted octanol–water partition coefficient (Wildman–Crippen LogP) is 2.96. The zero-order valence-electron chi connectivity index (χ0n) is 8.85. The fourth-order valence-electron chi connectivity index (χ4n) is 1.38.